The normalized spacial score (nSPS) is 11.8. The van der Waals surface area contributed by atoms with E-state index in [1.165, 1.54) is 6.07 Å². The van der Waals surface area contributed by atoms with Crippen LogP contribution >= 0.6 is 46.1 Å². The van der Waals surface area contributed by atoms with E-state index in [1.807, 2.05) is 24.3 Å². The standard InChI is InChI=1S/C12H10Cl3NO2S2/c13-6-8-2-1-3-9(4-8)7-16-20(17,18)10-5-11(14)19-12(10)15/h1-5,16H,6-7H2. The summed E-state index contributed by atoms with van der Waals surface area (Å²) >= 11 is 18.4. The van der Waals surface area contributed by atoms with E-state index in [0.717, 1.165) is 22.5 Å². The highest BCUT2D eigenvalue weighted by Crippen LogP contribution is 2.34. The van der Waals surface area contributed by atoms with Crippen molar-refractivity contribution in [2.45, 2.75) is 17.3 Å². The van der Waals surface area contributed by atoms with Crippen molar-refractivity contribution in [3.8, 4) is 0 Å². The Labute approximate surface area is 136 Å². The van der Waals surface area contributed by atoms with Crippen LogP contribution in [0.15, 0.2) is 35.2 Å². The summed E-state index contributed by atoms with van der Waals surface area (Å²) in [6, 6.07) is 8.71. The topological polar surface area (TPSA) is 46.2 Å². The van der Waals surface area contributed by atoms with Gasteiger partial charge in [-0.15, -0.1) is 22.9 Å². The molecule has 1 aromatic heterocycles. The summed E-state index contributed by atoms with van der Waals surface area (Å²) in [5.41, 5.74) is 1.75. The van der Waals surface area contributed by atoms with Gasteiger partial charge in [0.25, 0.3) is 0 Å². The van der Waals surface area contributed by atoms with Gasteiger partial charge in [-0.25, -0.2) is 13.1 Å². The summed E-state index contributed by atoms with van der Waals surface area (Å²) in [7, 11) is -3.68. The van der Waals surface area contributed by atoms with Crippen molar-refractivity contribution < 1.29 is 8.42 Å². The number of alkyl halides is 1. The smallest absolute Gasteiger partial charge is 0.207 e. The Morgan fingerprint density at radius 2 is 1.85 bits per heavy atom. The molecule has 108 valence electrons. The SMILES string of the molecule is O=S(=O)(NCc1cccc(CCl)c1)c1cc(Cl)sc1Cl. The van der Waals surface area contributed by atoms with Crippen molar-refractivity contribution in [2.24, 2.45) is 0 Å². The highest BCUT2D eigenvalue weighted by atomic mass is 35.5. The number of thiophene rings is 1. The van der Waals surface area contributed by atoms with Crippen LogP contribution in [0.25, 0.3) is 0 Å². The van der Waals surface area contributed by atoms with Gasteiger partial charge in [0, 0.05) is 12.4 Å². The Bertz CT molecular complexity index is 713. The van der Waals surface area contributed by atoms with Gasteiger partial charge in [0.1, 0.15) is 9.23 Å². The van der Waals surface area contributed by atoms with Crippen LogP contribution in [-0.2, 0) is 22.4 Å². The van der Waals surface area contributed by atoms with E-state index in [1.54, 1.807) is 0 Å². The first-order valence-electron chi connectivity index (χ1n) is 5.50. The van der Waals surface area contributed by atoms with Gasteiger partial charge in [-0.1, -0.05) is 47.5 Å². The molecule has 0 amide bonds. The van der Waals surface area contributed by atoms with Crippen molar-refractivity contribution in [1.82, 2.24) is 4.72 Å². The van der Waals surface area contributed by atoms with Gasteiger partial charge in [-0.2, -0.15) is 0 Å². The van der Waals surface area contributed by atoms with Crippen LogP contribution in [-0.4, -0.2) is 8.42 Å². The van der Waals surface area contributed by atoms with Crippen LogP contribution in [0.2, 0.25) is 8.67 Å². The maximum atomic E-state index is 12.1. The quantitative estimate of drug-likeness (QED) is 0.799. The predicted molar refractivity (Wildman–Crippen MR) is 84.4 cm³/mol. The molecule has 0 atom stereocenters. The highest BCUT2D eigenvalue weighted by molar-refractivity contribution is 7.89. The van der Waals surface area contributed by atoms with E-state index in [4.69, 9.17) is 34.8 Å². The molecule has 0 aliphatic carbocycles. The maximum Gasteiger partial charge on any atom is 0.243 e. The molecule has 0 spiro atoms. The molecule has 20 heavy (non-hydrogen) atoms. The molecule has 0 unspecified atom stereocenters. The van der Waals surface area contributed by atoms with Crippen LogP contribution in [0, 0.1) is 0 Å². The van der Waals surface area contributed by atoms with E-state index in [0.29, 0.717) is 10.2 Å². The zero-order chi connectivity index (χ0) is 14.8. The van der Waals surface area contributed by atoms with Gasteiger partial charge >= 0.3 is 0 Å². The molecular formula is C12H10Cl3NO2S2. The number of halogens is 3. The first-order chi connectivity index (χ1) is 9.42. The highest BCUT2D eigenvalue weighted by Gasteiger charge is 2.20. The van der Waals surface area contributed by atoms with Gasteiger partial charge in [0.15, 0.2) is 0 Å². The lowest BCUT2D eigenvalue weighted by molar-refractivity contribution is 0.582. The predicted octanol–water partition coefficient (Wildman–Crippen LogP) is 4.27. The number of hydrogen-bond donors (Lipinski definition) is 1. The van der Waals surface area contributed by atoms with E-state index in [-0.39, 0.29) is 15.8 Å². The Kier molecular flexibility index (Phi) is 5.34. The molecule has 1 N–H and O–H groups in total. The lowest BCUT2D eigenvalue weighted by Crippen LogP contribution is -2.23. The molecule has 0 radical (unpaired) electrons. The minimum absolute atomic E-state index is 0.00247. The van der Waals surface area contributed by atoms with Gasteiger partial charge in [-0.3, -0.25) is 0 Å². The number of benzene rings is 1. The summed E-state index contributed by atoms with van der Waals surface area (Å²) < 4.78 is 27.2. The molecule has 0 saturated heterocycles. The average molecular weight is 371 g/mol. The third-order valence-corrected chi connectivity index (χ3v) is 5.99. The molecule has 3 nitrogen and oxygen atoms in total. The fourth-order valence-corrected chi connectivity index (χ4v) is 4.92. The van der Waals surface area contributed by atoms with Crippen molar-refractivity contribution in [1.29, 1.82) is 0 Å². The van der Waals surface area contributed by atoms with Gasteiger partial charge in [0.2, 0.25) is 10.0 Å². The second kappa shape index (κ2) is 6.64. The lowest BCUT2D eigenvalue weighted by Gasteiger charge is -2.06. The van der Waals surface area contributed by atoms with E-state index in [9.17, 15) is 8.42 Å². The van der Waals surface area contributed by atoms with Crippen molar-refractivity contribution >= 4 is 56.2 Å². The number of nitrogens with one attached hydrogen (secondary N) is 1. The molecule has 1 aromatic carbocycles. The molecule has 0 aliphatic heterocycles. The Balaban J connectivity index is 2.15. The van der Waals surface area contributed by atoms with Crippen LogP contribution in [0.3, 0.4) is 0 Å². The van der Waals surface area contributed by atoms with Gasteiger partial charge in [0.05, 0.1) is 4.34 Å². The number of sulfonamides is 1. The van der Waals surface area contributed by atoms with E-state index >= 15 is 0 Å². The molecule has 2 rings (SSSR count). The van der Waals surface area contributed by atoms with Gasteiger partial charge < -0.3 is 0 Å². The van der Waals surface area contributed by atoms with Crippen molar-refractivity contribution in [3.63, 3.8) is 0 Å². The molecular weight excluding hydrogens is 361 g/mol. The summed E-state index contributed by atoms with van der Waals surface area (Å²) in [6.07, 6.45) is 0. The Hall–Kier alpha value is -0.300. The zero-order valence-corrected chi connectivity index (χ0v) is 14.0. The molecule has 0 aliphatic rings. The third-order valence-electron chi connectivity index (χ3n) is 2.53. The van der Waals surface area contributed by atoms with E-state index < -0.39 is 10.0 Å². The fourth-order valence-electron chi connectivity index (χ4n) is 1.59. The Morgan fingerprint density at radius 3 is 2.45 bits per heavy atom. The summed E-state index contributed by atoms with van der Waals surface area (Å²) in [6.45, 7) is 0.164. The van der Waals surface area contributed by atoms with Crippen molar-refractivity contribution in [3.05, 3.63) is 50.1 Å². The van der Waals surface area contributed by atoms with Crippen molar-refractivity contribution in [2.75, 3.05) is 0 Å². The van der Waals surface area contributed by atoms with Crippen LogP contribution < -0.4 is 4.72 Å². The Morgan fingerprint density at radius 1 is 1.15 bits per heavy atom. The molecule has 2 aromatic rings. The zero-order valence-electron chi connectivity index (χ0n) is 10.1. The monoisotopic (exact) mass is 369 g/mol. The van der Waals surface area contributed by atoms with Gasteiger partial charge in [-0.05, 0) is 17.2 Å². The fraction of sp³-hybridized carbons (Fsp3) is 0.167. The van der Waals surface area contributed by atoms with Crippen LogP contribution in [0.5, 0.6) is 0 Å². The number of hydrogen-bond acceptors (Lipinski definition) is 3. The second-order valence-corrected chi connectivity index (χ2v) is 8.25. The molecule has 0 fully saturated rings. The van der Waals surface area contributed by atoms with Crippen LogP contribution in [0.1, 0.15) is 11.1 Å². The molecule has 1 heterocycles. The molecule has 8 heteroatoms. The summed E-state index contributed by atoms with van der Waals surface area (Å²) in [5, 5.41) is 0. The maximum absolute atomic E-state index is 12.1. The number of rotatable bonds is 5. The minimum atomic E-state index is -3.68. The van der Waals surface area contributed by atoms with E-state index in [2.05, 4.69) is 4.72 Å². The lowest BCUT2D eigenvalue weighted by atomic mass is 10.1. The first-order valence-corrected chi connectivity index (χ1v) is 9.09. The minimum Gasteiger partial charge on any atom is -0.207 e. The molecule has 0 saturated carbocycles. The third kappa shape index (κ3) is 3.87. The summed E-state index contributed by atoms with van der Waals surface area (Å²) in [4.78, 5) is 0.00247. The second-order valence-electron chi connectivity index (χ2n) is 3.97. The largest absolute Gasteiger partial charge is 0.243 e. The molecule has 0 bridgehead atoms. The summed E-state index contributed by atoms with van der Waals surface area (Å²) in [5.74, 6) is 0.382. The average Bonchev–Trinajstić information content (AvgIpc) is 2.77. The first kappa shape index (κ1) is 16.1. The van der Waals surface area contributed by atoms with Crippen LogP contribution in [0.4, 0.5) is 0 Å².